The lowest BCUT2D eigenvalue weighted by Gasteiger charge is -2.28. The van der Waals surface area contributed by atoms with Gasteiger partial charge in [-0.2, -0.15) is 0 Å². The van der Waals surface area contributed by atoms with Gasteiger partial charge >= 0.3 is 0 Å². The molecule has 1 fully saturated rings. The Kier molecular flexibility index (Phi) is 5.79. The van der Waals surface area contributed by atoms with Crippen molar-refractivity contribution in [2.45, 2.75) is 44.6 Å². The van der Waals surface area contributed by atoms with Crippen LogP contribution in [0.5, 0.6) is 0 Å². The molecule has 1 aromatic carbocycles. The van der Waals surface area contributed by atoms with Gasteiger partial charge in [-0.05, 0) is 30.2 Å². The molecule has 1 saturated carbocycles. The molecule has 118 valence electrons. The topological polar surface area (TPSA) is 72.2 Å². The first-order valence-electron chi connectivity index (χ1n) is 7.76. The Balaban J connectivity index is 1.87. The monoisotopic (exact) mass is 310 g/mol. The molecule has 3 atom stereocenters. The predicted molar refractivity (Wildman–Crippen MR) is 86.6 cm³/mol. The fourth-order valence-corrected chi connectivity index (χ4v) is 4.43. The summed E-state index contributed by atoms with van der Waals surface area (Å²) in [5.74, 6) is 0.392. The van der Waals surface area contributed by atoms with E-state index in [4.69, 9.17) is 5.73 Å². The molecule has 3 N–H and O–H groups in total. The van der Waals surface area contributed by atoms with Gasteiger partial charge in [-0.25, -0.2) is 13.1 Å². The Morgan fingerprint density at radius 1 is 1.24 bits per heavy atom. The summed E-state index contributed by atoms with van der Waals surface area (Å²) in [6.07, 6.45) is 4.35. The molecule has 21 heavy (non-hydrogen) atoms. The average molecular weight is 310 g/mol. The average Bonchev–Trinajstić information content (AvgIpc) is 2.47. The third kappa shape index (κ3) is 5.09. The smallest absolute Gasteiger partial charge is 0.212 e. The minimum Gasteiger partial charge on any atom is -0.327 e. The van der Waals surface area contributed by atoms with Crippen molar-refractivity contribution in [1.82, 2.24) is 4.72 Å². The Bertz CT molecular complexity index is 530. The maximum Gasteiger partial charge on any atom is 0.212 e. The van der Waals surface area contributed by atoms with Crippen molar-refractivity contribution in [2.75, 3.05) is 12.3 Å². The van der Waals surface area contributed by atoms with Gasteiger partial charge in [0.25, 0.3) is 0 Å². The van der Waals surface area contributed by atoms with Gasteiger partial charge in [-0.1, -0.05) is 50.1 Å². The molecule has 1 aliphatic rings. The second-order valence-corrected chi connectivity index (χ2v) is 8.00. The number of hydrogen-bond acceptors (Lipinski definition) is 3. The minimum absolute atomic E-state index is 0.0104. The molecule has 4 nitrogen and oxygen atoms in total. The molecule has 0 amide bonds. The summed E-state index contributed by atoms with van der Waals surface area (Å²) in [6, 6.07) is 9.88. The summed E-state index contributed by atoms with van der Waals surface area (Å²) < 4.78 is 27.2. The predicted octanol–water partition coefficient (Wildman–Crippen LogP) is 2.23. The van der Waals surface area contributed by atoms with Crippen LogP contribution in [0.15, 0.2) is 30.3 Å². The van der Waals surface area contributed by atoms with Crippen LogP contribution in [-0.2, 0) is 10.0 Å². The maximum absolute atomic E-state index is 12.2. The van der Waals surface area contributed by atoms with Crippen molar-refractivity contribution >= 4 is 10.0 Å². The summed E-state index contributed by atoms with van der Waals surface area (Å²) >= 11 is 0. The van der Waals surface area contributed by atoms with Gasteiger partial charge in [0.1, 0.15) is 0 Å². The van der Waals surface area contributed by atoms with E-state index in [-0.39, 0.29) is 23.6 Å². The summed E-state index contributed by atoms with van der Waals surface area (Å²) in [6.45, 7) is 2.42. The van der Waals surface area contributed by atoms with Gasteiger partial charge in [0.15, 0.2) is 0 Å². The largest absolute Gasteiger partial charge is 0.327 e. The SMILES string of the molecule is CC(CS(=O)(=O)NCC1CCCCC1N)c1ccccc1. The van der Waals surface area contributed by atoms with Crippen LogP contribution in [0.2, 0.25) is 0 Å². The van der Waals surface area contributed by atoms with Crippen molar-refractivity contribution in [3.63, 3.8) is 0 Å². The molecular weight excluding hydrogens is 284 g/mol. The van der Waals surface area contributed by atoms with Crippen LogP contribution in [0.1, 0.15) is 44.1 Å². The first-order valence-corrected chi connectivity index (χ1v) is 9.41. The quantitative estimate of drug-likeness (QED) is 0.846. The number of sulfonamides is 1. The van der Waals surface area contributed by atoms with E-state index in [0.29, 0.717) is 6.54 Å². The van der Waals surface area contributed by atoms with Crippen LogP contribution >= 0.6 is 0 Å². The molecule has 3 unspecified atom stereocenters. The van der Waals surface area contributed by atoms with Gasteiger partial charge in [0, 0.05) is 12.6 Å². The number of rotatable bonds is 6. The summed E-state index contributed by atoms with van der Waals surface area (Å²) in [5.41, 5.74) is 7.12. The van der Waals surface area contributed by atoms with Crippen molar-refractivity contribution in [3.05, 3.63) is 35.9 Å². The highest BCUT2D eigenvalue weighted by Crippen LogP contribution is 2.23. The molecule has 0 radical (unpaired) electrons. The molecule has 0 saturated heterocycles. The highest BCUT2D eigenvalue weighted by atomic mass is 32.2. The fraction of sp³-hybridized carbons (Fsp3) is 0.625. The van der Waals surface area contributed by atoms with Gasteiger partial charge in [0.2, 0.25) is 10.0 Å². The first kappa shape index (κ1) is 16.5. The van der Waals surface area contributed by atoms with Gasteiger partial charge in [-0.15, -0.1) is 0 Å². The van der Waals surface area contributed by atoms with E-state index in [0.717, 1.165) is 31.2 Å². The summed E-state index contributed by atoms with van der Waals surface area (Å²) in [4.78, 5) is 0. The number of nitrogens with two attached hydrogens (primary N) is 1. The van der Waals surface area contributed by atoms with Crippen LogP contribution in [-0.4, -0.2) is 26.8 Å². The zero-order valence-electron chi connectivity index (χ0n) is 12.7. The van der Waals surface area contributed by atoms with E-state index in [1.54, 1.807) is 0 Å². The van der Waals surface area contributed by atoms with Crippen LogP contribution < -0.4 is 10.5 Å². The molecule has 1 aliphatic carbocycles. The van der Waals surface area contributed by atoms with E-state index in [1.807, 2.05) is 37.3 Å². The third-order valence-corrected chi connectivity index (χ3v) is 5.92. The molecular formula is C16H26N2O2S. The van der Waals surface area contributed by atoms with Crippen LogP contribution in [0, 0.1) is 5.92 Å². The summed E-state index contributed by atoms with van der Waals surface area (Å²) in [7, 11) is -3.26. The zero-order valence-corrected chi connectivity index (χ0v) is 13.5. The number of hydrogen-bond donors (Lipinski definition) is 2. The van der Waals surface area contributed by atoms with Gasteiger partial charge in [-0.3, -0.25) is 0 Å². The van der Waals surface area contributed by atoms with Crippen molar-refractivity contribution in [3.8, 4) is 0 Å². The molecule has 2 rings (SSSR count). The van der Waals surface area contributed by atoms with Crippen molar-refractivity contribution < 1.29 is 8.42 Å². The minimum atomic E-state index is -3.26. The van der Waals surface area contributed by atoms with E-state index >= 15 is 0 Å². The molecule has 0 aliphatic heterocycles. The second-order valence-electron chi connectivity index (χ2n) is 6.15. The van der Waals surface area contributed by atoms with Crippen LogP contribution in [0.3, 0.4) is 0 Å². The first-order chi connectivity index (χ1) is 9.98. The summed E-state index contributed by atoms with van der Waals surface area (Å²) in [5, 5.41) is 0. The number of benzene rings is 1. The third-order valence-electron chi connectivity index (χ3n) is 4.37. The molecule has 0 bridgehead atoms. The molecule has 0 spiro atoms. The van der Waals surface area contributed by atoms with Crippen molar-refractivity contribution in [2.24, 2.45) is 11.7 Å². The van der Waals surface area contributed by atoms with Crippen LogP contribution in [0.4, 0.5) is 0 Å². The Morgan fingerprint density at radius 3 is 2.57 bits per heavy atom. The molecule has 0 aromatic heterocycles. The molecule has 0 heterocycles. The highest BCUT2D eigenvalue weighted by Gasteiger charge is 2.24. The fourth-order valence-electron chi connectivity index (χ4n) is 2.99. The van der Waals surface area contributed by atoms with E-state index in [9.17, 15) is 8.42 Å². The van der Waals surface area contributed by atoms with Gasteiger partial charge < -0.3 is 5.73 Å². The normalized spacial score (nSPS) is 24.7. The maximum atomic E-state index is 12.2. The van der Waals surface area contributed by atoms with E-state index in [2.05, 4.69) is 4.72 Å². The van der Waals surface area contributed by atoms with Gasteiger partial charge in [0.05, 0.1) is 5.75 Å². The lowest BCUT2D eigenvalue weighted by Crippen LogP contribution is -2.41. The second kappa shape index (κ2) is 7.38. The lowest BCUT2D eigenvalue weighted by molar-refractivity contribution is 0.308. The van der Waals surface area contributed by atoms with Crippen molar-refractivity contribution in [1.29, 1.82) is 0 Å². The number of nitrogens with one attached hydrogen (secondary N) is 1. The Morgan fingerprint density at radius 2 is 1.90 bits per heavy atom. The van der Waals surface area contributed by atoms with Crippen LogP contribution in [0.25, 0.3) is 0 Å². The zero-order chi connectivity index (χ0) is 15.3. The van der Waals surface area contributed by atoms with E-state index in [1.165, 1.54) is 0 Å². The highest BCUT2D eigenvalue weighted by molar-refractivity contribution is 7.89. The molecule has 5 heteroatoms. The standard InChI is InChI=1S/C16H26N2O2S/c1-13(14-7-3-2-4-8-14)12-21(19,20)18-11-15-9-5-6-10-16(15)17/h2-4,7-8,13,15-16,18H,5-6,9-12,17H2,1H3. The Hall–Kier alpha value is -0.910. The lowest BCUT2D eigenvalue weighted by atomic mass is 9.85. The molecule has 1 aromatic rings. The van der Waals surface area contributed by atoms with E-state index < -0.39 is 10.0 Å². The Labute approximate surface area is 128 Å².